The summed E-state index contributed by atoms with van der Waals surface area (Å²) in [7, 11) is -2.57. The number of anilines is 1. The lowest BCUT2D eigenvalue weighted by Crippen LogP contribution is -2.19. The molecule has 0 aliphatic heterocycles. The molecule has 1 aromatic heterocycles. The third-order valence-electron chi connectivity index (χ3n) is 2.81. The lowest BCUT2D eigenvalue weighted by Gasteiger charge is -2.11. The Balaban J connectivity index is 2.11. The summed E-state index contributed by atoms with van der Waals surface area (Å²) in [5, 5.41) is 0.111. The number of methoxy groups -OCH3 is 1. The van der Waals surface area contributed by atoms with Crippen molar-refractivity contribution in [1.29, 1.82) is 0 Å². The van der Waals surface area contributed by atoms with E-state index in [4.69, 9.17) is 16.3 Å². The molecule has 0 bridgehead atoms. The molecule has 0 aliphatic rings. The third-order valence-corrected chi connectivity index (χ3v) is 4.48. The fourth-order valence-electron chi connectivity index (χ4n) is 1.71. The molecule has 2 rings (SSSR count). The predicted molar refractivity (Wildman–Crippen MR) is 84.6 cm³/mol. The Morgan fingerprint density at radius 3 is 2.48 bits per heavy atom. The third kappa shape index (κ3) is 5.40. The molecule has 0 saturated heterocycles. The van der Waals surface area contributed by atoms with E-state index in [0.717, 1.165) is 12.3 Å². The fourth-order valence-corrected chi connectivity index (χ4v) is 3.10. The number of rotatable bonds is 6. The van der Waals surface area contributed by atoms with Gasteiger partial charge in [0.2, 0.25) is 5.88 Å². The normalized spacial score (nSPS) is 11.9. The van der Waals surface area contributed by atoms with Crippen LogP contribution in [-0.2, 0) is 10.0 Å². The van der Waals surface area contributed by atoms with Gasteiger partial charge in [-0.25, -0.2) is 13.4 Å². The zero-order valence-corrected chi connectivity index (χ0v) is 14.2. The van der Waals surface area contributed by atoms with Crippen molar-refractivity contribution in [2.24, 2.45) is 0 Å². The quantitative estimate of drug-likeness (QED) is 0.808. The number of aromatic nitrogens is 1. The number of nitrogens with zero attached hydrogens (tertiary/aromatic N) is 1. The first-order valence-electron chi connectivity index (χ1n) is 6.63. The van der Waals surface area contributed by atoms with Crippen molar-refractivity contribution in [3.05, 3.63) is 41.6 Å². The molecule has 0 atom stereocenters. The Morgan fingerprint density at radius 2 is 1.96 bits per heavy atom. The highest BCUT2D eigenvalue weighted by Gasteiger charge is 2.28. The highest BCUT2D eigenvalue weighted by atomic mass is 35.5. The van der Waals surface area contributed by atoms with Crippen molar-refractivity contribution >= 4 is 27.3 Å². The van der Waals surface area contributed by atoms with Gasteiger partial charge < -0.3 is 9.47 Å². The van der Waals surface area contributed by atoms with Crippen molar-refractivity contribution in [3.8, 4) is 11.6 Å². The van der Waals surface area contributed by atoms with Gasteiger partial charge in [0.1, 0.15) is 5.75 Å². The lowest BCUT2D eigenvalue weighted by molar-refractivity contribution is -0.154. The molecule has 6 nitrogen and oxygen atoms in total. The van der Waals surface area contributed by atoms with Crippen LogP contribution < -0.4 is 14.2 Å². The summed E-state index contributed by atoms with van der Waals surface area (Å²) >= 11 is 5.89. The molecule has 2 aromatic rings. The molecule has 11 heteroatoms. The van der Waals surface area contributed by atoms with E-state index in [-0.39, 0.29) is 21.5 Å². The SMILES string of the molecule is COc1ccc(S(=O)(=O)Nc2ccc(OCC(F)(F)F)nc2)cc1Cl. The van der Waals surface area contributed by atoms with Crippen molar-refractivity contribution in [1.82, 2.24) is 4.98 Å². The summed E-state index contributed by atoms with van der Waals surface area (Å²) in [6.07, 6.45) is -3.45. The molecule has 0 spiro atoms. The van der Waals surface area contributed by atoms with Gasteiger partial charge in [0.05, 0.1) is 28.9 Å². The first kappa shape index (κ1) is 19.1. The van der Waals surface area contributed by atoms with Gasteiger partial charge in [0, 0.05) is 6.07 Å². The van der Waals surface area contributed by atoms with Crippen LogP contribution in [0.1, 0.15) is 0 Å². The van der Waals surface area contributed by atoms with Crippen LogP contribution in [0.25, 0.3) is 0 Å². The minimum absolute atomic E-state index is 0.0475. The summed E-state index contributed by atoms with van der Waals surface area (Å²) < 4.78 is 72.3. The number of alkyl halides is 3. The van der Waals surface area contributed by atoms with Crippen LogP contribution in [0.2, 0.25) is 5.02 Å². The Morgan fingerprint density at radius 1 is 1.24 bits per heavy atom. The Kier molecular flexibility index (Phi) is 5.63. The van der Waals surface area contributed by atoms with Crippen LogP contribution in [0.3, 0.4) is 0 Å². The highest BCUT2D eigenvalue weighted by Crippen LogP contribution is 2.28. The summed E-state index contributed by atoms with van der Waals surface area (Å²) in [5.74, 6) is 0.0289. The molecule has 0 radical (unpaired) electrons. The topological polar surface area (TPSA) is 77.5 Å². The number of sulfonamides is 1. The zero-order valence-electron chi connectivity index (χ0n) is 12.7. The Hall–Kier alpha value is -2.20. The second-order valence-electron chi connectivity index (χ2n) is 4.69. The van der Waals surface area contributed by atoms with Crippen LogP contribution in [0.15, 0.2) is 41.4 Å². The molecule has 1 N–H and O–H groups in total. The van der Waals surface area contributed by atoms with E-state index in [0.29, 0.717) is 5.75 Å². The molecule has 136 valence electrons. The lowest BCUT2D eigenvalue weighted by atomic mass is 10.3. The smallest absolute Gasteiger partial charge is 0.422 e. The first-order chi connectivity index (χ1) is 11.6. The van der Waals surface area contributed by atoms with Crippen LogP contribution in [-0.4, -0.2) is 33.3 Å². The van der Waals surface area contributed by atoms with Crippen LogP contribution >= 0.6 is 11.6 Å². The van der Waals surface area contributed by atoms with Crippen LogP contribution in [0.5, 0.6) is 11.6 Å². The molecular weight excluding hydrogens is 385 g/mol. The number of ether oxygens (including phenoxy) is 2. The Labute approximate surface area is 146 Å². The van der Waals surface area contributed by atoms with Gasteiger partial charge in [-0.15, -0.1) is 0 Å². The van der Waals surface area contributed by atoms with E-state index in [1.165, 1.54) is 31.4 Å². The van der Waals surface area contributed by atoms with E-state index >= 15 is 0 Å². The molecular formula is C14H12ClF3N2O4S. The van der Waals surface area contributed by atoms with Gasteiger partial charge in [-0.1, -0.05) is 11.6 Å². The van der Waals surface area contributed by atoms with Gasteiger partial charge in [-0.05, 0) is 24.3 Å². The van der Waals surface area contributed by atoms with Gasteiger partial charge in [0.25, 0.3) is 10.0 Å². The number of hydrogen-bond acceptors (Lipinski definition) is 5. The summed E-state index contributed by atoms with van der Waals surface area (Å²) in [6.45, 7) is -1.49. The second kappa shape index (κ2) is 7.36. The molecule has 0 saturated carbocycles. The monoisotopic (exact) mass is 396 g/mol. The molecule has 0 aliphatic carbocycles. The summed E-state index contributed by atoms with van der Waals surface area (Å²) in [6, 6.07) is 6.23. The van der Waals surface area contributed by atoms with Crippen molar-refractivity contribution < 1.29 is 31.1 Å². The average molecular weight is 397 g/mol. The molecule has 0 unspecified atom stereocenters. The van der Waals surface area contributed by atoms with Gasteiger partial charge in [0.15, 0.2) is 6.61 Å². The number of nitrogens with one attached hydrogen (secondary N) is 1. The standard InChI is InChI=1S/C14H12ClF3N2O4S/c1-23-12-4-3-10(6-11(12)15)25(21,22)20-9-2-5-13(19-7-9)24-8-14(16,17)18/h2-7,20H,8H2,1H3. The van der Waals surface area contributed by atoms with Crippen LogP contribution in [0.4, 0.5) is 18.9 Å². The highest BCUT2D eigenvalue weighted by molar-refractivity contribution is 7.92. The molecule has 25 heavy (non-hydrogen) atoms. The van der Waals surface area contributed by atoms with Crippen molar-refractivity contribution in [2.45, 2.75) is 11.1 Å². The maximum atomic E-state index is 12.3. The van der Waals surface area contributed by atoms with Gasteiger partial charge in [-0.2, -0.15) is 13.2 Å². The number of pyridine rings is 1. The maximum Gasteiger partial charge on any atom is 0.422 e. The molecule has 0 fully saturated rings. The van der Waals surface area contributed by atoms with Crippen molar-refractivity contribution in [2.75, 3.05) is 18.4 Å². The molecule has 0 amide bonds. The fraction of sp³-hybridized carbons (Fsp3) is 0.214. The average Bonchev–Trinajstić information content (AvgIpc) is 2.53. The van der Waals surface area contributed by atoms with Crippen LogP contribution in [0, 0.1) is 0 Å². The van der Waals surface area contributed by atoms with E-state index < -0.39 is 22.8 Å². The Bertz CT molecular complexity index is 842. The van der Waals surface area contributed by atoms with Gasteiger partial charge in [-0.3, -0.25) is 4.72 Å². The maximum absolute atomic E-state index is 12.3. The predicted octanol–water partition coefficient (Wildman–Crippen LogP) is 3.49. The van der Waals surface area contributed by atoms with E-state index in [1.807, 2.05) is 0 Å². The van der Waals surface area contributed by atoms with E-state index in [9.17, 15) is 21.6 Å². The van der Waals surface area contributed by atoms with E-state index in [2.05, 4.69) is 14.4 Å². The minimum Gasteiger partial charge on any atom is -0.495 e. The molecule has 1 aromatic carbocycles. The largest absolute Gasteiger partial charge is 0.495 e. The first-order valence-corrected chi connectivity index (χ1v) is 8.49. The van der Waals surface area contributed by atoms with E-state index in [1.54, 1.807) is 0 Å². The van der Waals surface area contributed by atoms with Gasteiger partial charge >= 0.3 is 6.18 Å². The summed E-state index contributed by atoms with van der Waals surface area (Å²) in [4.78, 5) is 3.49. The number of halogens is 4. The zero-order chi connectivity index (χ0) is 18.7. The second-order valence-corrected chi connectivity index (χ2v) is 6.78. The minimum atomic E-state index is -4.49. The molecule has 1 heterocycles. The number of hydrogen-bond donors (Lipinski definition) is 1. The number of benzene rings is 1. The van der Waals surface area contributed by atoms with Crippen molar-refractivity contribution in [3.63, 3.8) is 0 Å². The summed E-state index contributed by atoms with van der Waals surface area (Å²) in [5.41, 5.74) is 0.0475.